The highest BCUT2D eigenvalue weighted by atomic mass is 35.7. The smallest absolute Gasteiger partial charge is 0.116 e. The summed E-state index contributed by atoms with van der Waals surface area (Å²) in [6.45, 7) is 0. The fraction of sp³-hybridized carbons (Fsp3) is 0.0769. The minimum absolute atomic E-state index is 1.02. The van der Waals surface area contributed by atoms with Crippen LogP contribution < -0.4 is 29.9 Å². The molecule has 0 saturated carbocycles. The van der Waals surface area contributed by atoms with E-state index in [1.54, 1.807) is 0 Å². The Bertz CT molecular complexity index is 943. The van der Waals surface area contributed by atoms with Gasteiger partial charge in [-0.1, -0.05) is 78.9 Å². The van der Waals surface area contributed by atoms with Crippen LogP contribution in [0, 0.1) is 10.2 Å². The third kappa shape index (κ3) is 6.72. The van der Waals surface area contributed by atoms with E-state index in [0.717, 1.165) is 12.6 Å². The van der Waals surface area contributed by atoms with E-state index in [1.165, 1.54) is 21.5 Å². The predicted octanol–water partition coefficient (Wildman–Crippen LogP) is 1.30. The van der Waals surface area contributed by atoms with Gasteiger partial charge in [-0.05, 0) is 54.5 Å². The van der Waals surface area contributed by atoms with Gasteiger partial charge in [-0.3, -0.25) is 0 Å². The lowest BCUT2D eigenvalue weighted by Gasteiger charge is -2.26. The van der Waals surface area contributed by atoms with E-state index in [2.05, 4.69) is 121 Å². The third-order valence-corrected chi connectivity index (χ3v) is 9.35. The normalized spacial score (nSPS) is 13.3. The molecule has 0 bridgehead atoms. The Morgan fingerprint density at radius 2 is 1.03 bits per heavy atom. The highest BCUT2D eigenvalue weighted by Gasteiger charge is 2.44. The summed E-state index contributed by atoms with van der Waals surface area (Å²) in [5.74, 6) is 0. The molecule has 0 aliphatic heterocycles. The quantitative estimate of drug-likeness (QED) is 0.573. The van der Waals surface area contributed by atoms with E-state index in [-0.39, 0.29) is 0 Å². The van der Waals surface area contributed by atoms with Crippen molar-refractivity contribution in [3.8, 4) is 0 Å². The molecule has 1 aliphatic rings. The van der Waals surface area contributed by atoms with Gasteiger partial charge in [0.15, 0.2) is 0 Å². The van der Waals surface area contributed by atoms with Crippen LogP contribution >= 0.6 is 7.26 Å². The first-order valence-corrected chi connectivity index (χ1v) is 13.3. The molecule has 0 fully saturated rings. The van der Waals surface area contributed by atoms with E-state index in [4.69, 9.17) is 18.6 Å². The highest BCUT2D eigenvalue weighted by molar-refractivity contribution is 7.95. The van der Waals surface area contributed by atoms with Gasteiger partial charge in [-0.15, -0.1) is 0 Å². The molecule has 0 aromatic heterocycles. The molecule has 0 atom stereocenters. The number of halogens is 1. The number of hydrogen-bond acceptors (Lipinski definition) is 4. The maximum Gasteiger partial charge on any atom is 0.116 e. The number of hydrogen-bond donors (Lipinski definition) is 1. The van der Waals surface area contributed by atoms with Crippen LogP contribution in [0.3, 0.4) is 0 Å². The van der Waals surface area contributed by atoms with Crippen LogP contribution in [0.1, 0.15) is 6.42 Å². The first-order valence-electron chi connectivity index (χ1n) is 10.1. The maximum absolute atomic E-state index is 8.60. The monoisotopic (exact) mass is 467 g/mol. The molecule has 4 rings (SSSR count). The summed E-state index contributed by atoms with van der Waals surface area (Å²) in [6, 6.07) is 33.2. The first kappa shape index (κ1) is 24.1. The van der Waals surface area contributed by atoms with Crippen molar-refractivity contribution in [2.45, 2.75) is 6.42 Å². The minimum atomic E-state index is -4.69. The van der Waals surface area contributed by atoms with Gasteiger partial charge < -0.3 is 0 Å². The summed E-state index contributed by atoms with van der Waals surface area (Å²) in [6.07, 6.45) is 13.4. The zero-order chi connectivity index (χ0) is 22.9. The van der Waals surface area contributed by atoms with Gasteiger partial charge in [0.2, 0.25) is 0 Å². The van der Waals surface area contributed by atoms with Crippen molar-refractivity contribution in [3.05, 3.63) is 127 Å². The van der Waals surface area contributed by atoms with Crippen molar-refractivity contribution in [1.29, 1.82) is 0 Å². The van der Waals surface area contributed by atoms with Crippen LogP contribution in [-0.4, -0.2) is 10.8 Å². The van der Waals surface area contributed by atoms with Gasteiger partial charge in [0.25, 0.3) is 0 Å². The largest absolute Gasteiger partial charge is 0.183 e. The van der Waals surface area contributed by atoms with Gasteiger partial charge in [0, 0.05) is 0 Å². The molecule has 0 heterocycles. The Morgan fingerprint density at radius 1 is 0.688 bits per heavy atom. The second kappa shape index (κ2) is 11.3. The van der Waals surface area contributed by atoms with Crippen molar-refractivity contribution in [2.24, 2.45) is 0 Å². The van der Waals surface area contributed by atoms with Crippen LogP contribution in [0.5, 0.6) is 0 Å². The lowest BCUT2D eigenvalue weighted by Crippen LogP contribution is -2.58. The van der Waals surface area contributed by atoms with Crippen LogP contribution in [0.15, 0.2) is 127 Å². The Kier molecular flexibility index (Phi) is 8.54. The van der Waals surface area contributed by atoms with E-state index in [1.807, 2.05) is 0 Å². The Labute approximate surface area is 191 Å². The van der Waals surface area contributed by atoms with Gasteiger partial charge in [-0.25, -0.2) is 0 Å². The van der Waals surface area contributed by atoms with Crippen molar-refractivity contribution in [1.82, 2.24) is 0 Å². The molecule has 0 spiro atoms. The van der Waals surface area contributed by atoms with E-state index in [0.29, 0.717) is 0 Å². The number of allylic oxidation sites excluding steroid dienone is 6. The average molecular weight is 468 g/mol. The van der Waals surface area contributed by atoms with Crippen LogP contribution in [0.4, 0.5) is 0 Å². The van der Waals surface area contributed by atoms with Gasteiger partial charge in [0.1, 0.15) is 23.2 Å². The van der Waals surface area contributed by atoms with E-state index in [9.17, 15) is 0 Å². The molecule has 0 amide bonds. The zero-order valence-electron chi connectivity index (χ0n) is 17.5. The topological polar surface area (TPSA) is 89.4 Å². The molecule has 1 N–H and O–H groups in total. The molecular weight excluding hydrogens is 443 g/mol. The molecule has 0 radical (unpaired) electrons. The lowest BCUT2D eigenvalue weighted by atomic mass is 10.1. The fourth-order valence-electron chi connectivity index (χ4n) is 3.73. The summed E-state index contributed by atoms with van der Waals surface area (Å²) >= 11 is 0. The number of rotatable bonds is 5. The molecule has 3 aromatic rings. The molecule has 4 nitrogen and oxygen atoms in total. The standard InChI is InChI=1S/C26H24P.ClHO4/c1-5-13-23(14-6-1)21-22-27(24-15-7-2-8-16-24,25-17-9-3-10-18-25)26-19-11-4-12-20-26;2-1(3,4)5/h2-21H,1,22H2;(H,2,3,4,5)/q+1;. The molecule has 6 heteroatoms. The SMILES string of the molecule is C1=CC(=CC[P+](c2ccccc2)(c2ccccc2)c2ccccc2)C=CC1.[O-][Cl+3]([O-])([O-])O. The summed E-state index contributed by atoms with van der Waals surface area (Å²) < 4.78 is 32.7. The molecule has 0 saturated heterocycles. The second-order valence-electron chi connectivity index (χ2n) is 7.14. The zero-order valence-corrected chi connectivity index (χ0v) is 19.1. The van der Waals surface area contributed by atoms with Crippen LogP contribution in [-0.2, 0) is 0 Å². The van der Waals surface area contributed by atoms with Crippen LogP contribution in [0.2, 0.25) is 0 Å². The highest BCUT2D eigenvalue weighted by Crippen LogP contribution is 2.55. The minimum Gasteiger partial charge on any atom is -0.183 e. The number of benzene rings is 3. The summed E-state index contributed by atoms with van der Waals surface area (Å²) in [5, 5.41) is 4.30. The van der Waals surface area contributed by atoms with Crippen molar-refractivity contribution >= 4 is 23.2 Å². The molecule has 164 valence electrons. The maximum atomic E-state index is 8.60. The van der Waals surface area contributed by atoms with E-state index >= 15 is 0 Å². The summed E-state index contributed by atoms with van der Waals surface area (Å²) in [7, 11) is -6.46. The molecule has 3 aromatic carbocycles. The Morgan fingerprint density at radius 3 is 1.38 bits per heavy atom. The van der Waals surface area contributed by atoms with Gasteiger partial charge >= 0.3 is 0 Å². The molecule has 0 unspecified atom stereocenters. The van der Waals surface area contributed by atoms with Crippen molar-refractivity contribution < 1.29 is 28.9 Å². The van der Waals surface area contributed by atoms with Crippen LogP contribution in [0.25, 0.3) is 0 Å². The Balaban J connectivity index is 0.000000523. The molecule has 1 aliphatic carbocycles. The lowest BCUT2D eigenvalue weighted by molar-refractivity contribution is -1.92. The molecule has 32 heavy (non-hydrogen) atoms. The summed E-state index contributed by atoms with van der Waals surface area (Å²) in [4.78, 5) is 0. The predicted molar refractivity (Wildman–Crippen MR) is 123 cm³/mol. The van der Waals surface area contributed by atoms with Gasteiger partial charge in [0.05, 0.1) is 21.1 Å². The molecular formula is C26H25ClO4P+. The second-order valence-corrected chi connectivity index (χ2v) is 11.5. The fourth-order valence-corrected chi connectivity index (χ4v) is 7.79. The van der Waals surface area contributed by atoms with Crippen molar-refractivity contribution in [2.75, 3.05) is 6.16 Å². The Hall–Kier alpha value is -2.56. The first-order chi connectivity index (χ1) is 15.4. The van der Waals surface area contributed by atoms with Gasteiger partial charge in [-0.2, -0.15) is 14.0 Å². The van der Waals surface area contributed by atoms with E-state index < -0.39 is 17.5 Å². The van der Waals surface area contributed by atoms with Crippen molar-refractivity contribution in [3.63, 3.8) is 0 Å². The summed E-state index contributed by atoms with van der Waals surface area (Å²) in [5.41, 5.74) is 1.31. The third-order valence-electron chi connectivity index (χ3n) is 5.08. The average Bonchev–Trinajstić information content (AvgIpc) is 2.81.